The number of rotatable bonds is 6. The third kappa shape index (κ3) is 3.91. The summed E-state index contributed by atoms with van der Waals surface area (Å²) in [5, 5.41) is 6.64. The molecule has 2 aromatic rings. The van der Waals surface area contributed by atoms with Gasteiger partial charge in [-0.15, -0.1) is 0 Å². The Morgan fingerprint density at radius 3 is 2.80 bits per heavy atom. The molecule has 0 atom stereocenters. The van der Waals surface area contributed by atoms with E-state index in [1.165, 1.54) is 21.4 Å². The number of amides is 1. The molecule has 1 amide bonds. The van der Waals surface area contributed by atoms with Gasteiger partial charge in [0, 0.05) is 37.3 Å². The maximum absolute atomic E-state index is 12.9. The first-order chi connectivity index (χ1) is 12.0. The summed E-state index contributed by atoms with van der Waals surface area (Å²) in [5.74, 6) is 1.59. The minimum absolute atomic E-state index is 0.0617. The Bertz CT molecular complexity index is 824. The van der Waals surface area contributed by atoms with Gasteiger partial charge in [0.15, 0.2) is 0 Å². The average Bonchev–Trinajstić information content (AvgIpc) is 3.30. The molecule has 1 saturated heterocycles. The summed E-state index contributed by atoms with van der Waals surface area (Å²) in [6, 6.07) is 3.46. The van der Waals surface area contributed by atoms with Crippen molar-refractivity contribution in [1.29, 1.82) is 0 Å². The molecule has 0 aliphatic carbocycles. The zero-order chi connectivity index (χ0) is 17.9. The highest BCUT2D eigenvalue weighted by atomic mass is 32.2. The van der Waals surface area contributed by atoms with Gasteiger partial charge in [0.25, 0.3) is 15.9 Å². The monoisotopic (exact) mass is 384 g/mol. The lowest BCUT2D eigenvalue weighted by molar-refractivity contribution is 0.0944. The number of carbonyl (C=O) groups is 1. The van der Waals surface area contributed by atoms with Crippen LogP contribution in [0.25, 0.3) is 0 Å². The number of nitrogens with zero attached hydrogens (tertiary/aromatic N) is 3. The second kappa shape index (κ2) is 7.63. The van der Waals surface area contributed by atoms with Crippen molar-refractivity contribution in [1.82, 2.24) is 19.4 Å². The van der Waals surface area contributed by atoms with Crippen LogP contribution in [-0.4, -0.2) is 53.0 Å². The van der Waals surface area contributed by atoms with Crippen LogP contribution in [0.5, 0.6) is 0 Å². The van der Waals surface area contributed by atoms with Crippen LogP contribution in [0.2, 0.25) is 0 Å². The van der Waals surface area contributed by atoms with Crippen LogP contribution in [0, 0.1) is 0 Å². The van der Waals surface area contributed by atoms with Gasteiger partial charge < -0.3 is 9.73 Å². The van der Waals surface area contributed by atoms with Crippen molar-refractivity contribution >= 4 is 27.7 Å². The molecule has 1 N–H and O–H groups in total. The van der Waals surface area contributed by atoms with Gasteiger partial charge in [0.05, 0.1) is 18.4 Å². The molecule has 1 aliphatic heterocycles. The molecule has 1 fully saturated rings. The highest BCUT2D eigenvalue weighted by molar-refractivity contribution is 7.99. The highest BCUT2D eigenvalue weighted by Gasteiger charge is 2.33. The molecule has 3 heterocycles. The van der Waals surface area contributed by atoms with Gasteiger partial charge in [-0.1, -0.05) is 0 Å². The molecule has 10 heteroatoms. The van der Waals surface area contributed by atoms with Crippen LogP contribution >= 0.6 is 11.8 Å². The van der Waals surface area contributed by atoms with Gasteiger partial charge in [-0.05, 0) is 19.1 Å². The SMILES string of the molecule is CCn1cc(C(=O)NCc2ccco2)c(S(=O)(=O)N2CCSCC2)n1. The van der Waals surface area contributed by atoms with E-state index in [0.29, 0.717) is 25.4 Å². The fourth-order valence-corrected chi connectivity index (χ4v) is 5.17. The number of sulfonamides is 1. The Kier molecular flexibility index (Phi) is 5.50. The Labute approximate surface area is 150 Å². The summed E-state index contributed by atoms with van der Waals surface area (Å²) in [5.41, 5.74) is 0.0617. The lowest BCUT2D eigenvalue weighted by atomic mass is 10.3. The van der Waals surface area contributed by atoms with Crippen molar-refractivity contribution in [3.05, 3.63) is 35.9 Å². The van der Waals surface area contributed by atoms with E-state index < -0.39 is 15.9 Å². The van der Waals surface area contributed by atoms with Crippen LogP contribution in [-0.2, 0) is 23.1 Å². The smallest absolute Gasteiger partial charge is 0.263 e. The third-order valence-electron chi connectivity index (χ3n) is 3.85. The van der Waals surface area contributed by atoms with Crippen molar-refractivity contribution in [2.45, 2.75) is 25.0 Å². The largest absolute Gasteiger partial charge is 0.467 e. The van der Waals surface area contributed by atoms with Crippen molar-refractivity contribution in [2.24, 2.45) is 0 Å². The number of nitrogens with one attached hydrogen (secondary N) is 1. The Morgan fingerprint density at radius 2 is 2.16 bits per heavy atom. The maximum atomic E-state index is 12.9. The first-order valence-electron chi connectivity index (χ1n) is 7.98. The molecule has 136 valence electrons. The van der Waals surface area contributed by atoms with Gasteiger partial charge in [-0.3, -0.25) is 9.48 Å². The first-order valence-corrected chi connectivity index (χ1v) is 10.6. The molecular weight excluding hydrogens is 364 g/mol. The number of carbonyl (C=O) groups excluding carboxylic acids is 1. The summed E-state index contributed by atoms with van der Waals surface area (Å²) in [7, 11) is -3.80. The summed E-state index contributed by atoms with van der Waals surface area (Å²) < 4.78 is 33.9. The molecule has 0 aromatic carbocycles. The number of hydrogen-bond acceptors (Lipinski definition) is 6. The first kappa shape index (κ1) is 18.0. The summed E-state index contributed by atoms with van der Waals surface area (Å²) in [6.45, 7) is 3.36. The van der Waals surface area contributed by atoms with Crippen molar-refractivity contribution in [3.63, 3.8) is 0 Å². The predicted molar refractivity (Wildman–Crippen MR) is 93.9 cm³/mol. The minimum Gasteiger partial charge on any atom is -0.467 e. The normalized spacial score (nSPS) is 16.0. The van der Waals surface area contributed by atoms with Crippen molar-refractivity contribution in [2.75, 3.05) is 24.6 Å². The van der Waals surface area contributed by atoms with Crippen LogP contribution in [0.15, 0.2) is 34.0 Å². The molecule has 0 spiro atoms. The number of hydrogen-bond donors (Lipinski definition) is 1. The maximum Gasteiger partial charge on any atom is 0.263 e. The topological polar surface area (TPSA) is 97.4 Å². The molecular formula is C15H20N4O4S2. The fourth-order valence-electron chi connectivity index (χ4n) is 2.50. The second-order valence-corrected chi connectivity index (χ2v) is 8.56. The average molecular weight is 384 g/mol. The quantitative estimate of drug-likeness (QED) is 0.803. The predicted octanol–water partition coefficient (Wildman–Crippen LogP) is 1.16. The Hall–Kier alpha value is -1.78. The number of furan rings is 1. The van der Waals surface area contributed by atoms with Crippen LogP contribution < -0.4 is 5.32 Å². The van der Waals surface area contributed by atoms with Gasteiger partial charge in [0.1, 0.15) is 5.76 Å². The molecule has 3 rings (SSSR count). The zero-order valence-electron chi connectivity index (χ0n) is 13.8. The molecule has 8 nitrogen and oxygen atoms in total. The lowest BCUT2D eigenvalue weighted by Crippen LogP contribution is -2.39. The van der Waals surface area contributed by atoms with Gasteiger partial charge in [0.2, 0.25) is 5.03 Å². The molecule has 25 heavy (non-hydrogen) atoms. The number of aromatic nitrogens is 2. The van der Waals surface area contributed by atoms with Crippen LogP contribution in [0.1, 0.15) is 23.0 Å². The van der Waals surface area contributed by atoms with E-state index in [0.717, 1.165) is 11.5 Å². The molecule has 0 radical (unpaired) electrons. The van der Waals surface area contributed by atoms with Gasteiger partial charge in [-0.25, -0.2) is 8.42 Å². The minimum atomic E-state index is -3.80. The Morgan fingerprint density at radius 1 is 1.40 bits per heavy atom. The van der Waals surface area contributed by atoms with E-state index in [9.17, 15) is 13.2 Å². The van der Waals surface area contributed by atoms with E-state index in [4.69, 9.17) is 4.42 Å². The molecule has 1 aliphatic rings. The van der Waals surface area contributed by atoms with Crippen LogP contribution in [0.3, 0.4) is 0 Å². The van der Waals surface area contributed by atoms with Crippen LogP contribution in [0.4, 0.5) is 0 Å². The number of thioether (sulfide) groups is 1. The Balaban J connectivity index is 1.86. The van der Waals surface area contributed by atoms with E-state index in [-0.39, 0.29) is 17.1 Å². The summed E-state index contributed by atoms with van der Waals surface area (Å²) >= 11 is 1.72. The van der Waals surface area contributed by atoms with E-state index in [2.05, 4.69) is 10.4 Å². The van der Waals surface area contributed by atoms with E-state index in [1.807, 2.05) is 6.92 Å². The second-order valence-electron chi connectivity index (χ2n) is 5.48. The molecule has 0 bridgehead atoms. The number of aryl methyl sites for hydroxylation is 1. The van der Waals surface area contributed by atoms with Crippen molar-refractivity contribution < 1.29 is 17.6 Å². The summed E-state index contributed by atoms with van der Waals surface area (Å²) in [4.78, 5) is 12.5. The molecule has 0 unspecified atom stereocenters. The zero-order valence-corrected chi connectivity index (χ0v) is 15.5. The highest BCUT2D eigenvalue weighted by Crippen LogP contribution is 2.22. The van der Waals surface area contributed by atoms with Gasteiger partial charge in [-0.2, -0.15) is 21.2 Å². The van der Waals surface area contributed by atoms with Crippen molar-refractivity contribution in [3.8, 4) is 0 Å². The van der Waals surface area contributed by atoms with E-state index in [1.54, 1.807) is 23.9 Å². The lowest BCUT2D eigenvalue weighted by Gasteiger charge is -2.24. The molecule has 0 saturated carbocycles. The van der Waals surface area contributed by atoms with Gasteiger partial charge >= 0.3 is 0 Å². The molecule has 2 aromatic heterocycles. The van der Waals surface area contributed by atoms with E-state index >= 15 is 0 Å². The third-order valence-corrected chi connectivity index (χ3v) is 6.63. The standard InChI is InChI=1S/C15H20N4O4S2/c1-2-18-11-13(14(20)16-10-12-4-3-7-23-12)15(17-18)25(21,22)19-5-8-24-9-6-19/h3-4,7,11H,2,5-6,8-10H2,1H3,(H,16,20). The summed E-state index contributed by atoms with van der Waals surface area (Å²) in [6.07, 6.45) is 2.99. The fraction of sp³-hybridized carbons (Fsp3) is 0.467.